The van der Waals surface area contributed by atoms with E-state index in [-0.39, 0.29) is 0 Å². The topological polar surface area (TPSA) is 0 Å². The van der Waals surface area contributed by atoms with E-state index in [2.05, 4.69) is 105 Å². The fourth-order valence-corrected chi connectivity index (χ4v) is 239. The summed E-state index contributed by atoms with van der Waals surface area (Å²) >= 11 is 0. The largest absolute Gasteiger partial charge is 0.416 e. The van der Waals surface area contributed by atoms with Crippen molar-refractivity contribution in [3.05, 3.63) is 59.7 Å². The lowest BCUT2D eigenvalue weighted by molar-refractivity contribution is -0.138. The molecule has 0 N–H and O–H groups in total. The van der Waals surface area contributed by atoms with Gasteiger partial charge in [-0.25, -0.2) is 0 Å². The van der Waals surface area contributed by atoms with Crippen LogP contribution in [0, 0.1) is 0 Å². The predicted octanol–water partition coefficient (Wildman–Crippen LogP) is 10.1. The van der Waals surface area contributed by atoms with Crippen molar-refractivity contribution < 1.29 is 26.3 Å². The second kappa shape index (κ2) is 11.7. The second-order valence-corrected chi connectivity index (χ2v) is 106. The van der Waals surface area contributed by atoms with Gasteiger partial charge in [0.2, 0.25) is 0 Å². The van der Waals surface area contributed by atoms with Crippen LogP contribution < -0.4 is 10.4 Å². The van der Waals surface area contributed by atoms with Crippen LogP contribution in [0.3, 0.4) is 0 Å². The molecule has 2 aromatic carbocycles. The molecule has 0 aliphatic carbocycles. The van der Waals surface area contributed by atoms with Crippen molar-refractivity contribution in [2.75, 3.05) is 0 Å². The van der Waals surface area contributed by atoms with Gasteiger partial charge in [0.25, 0.3) is 0 Å². The van der Waals surface area contributed by atoms with Gasteiger partial charge in [0, 0.05) is 42.7 Å². The minimum atomic E-state index is -4.33. The van der Waals surface area contributed by atoms with Crippen LogP contribution in [0.5, 0.6) is 0 Å². The standard InChI is InChI=1S/C30H56F6Si8/c1-37(2,27-21-17-25(18-22-27)29(31,32)33)39(5,6)41(9,10)43(13,14)44(15,16)42(11,12)40(7,8)38(3,4)28-23-19-26(20-24-28)30(34,35)36/h17-24H,1-16H3. The van der Waals surface area contributed by atoms with Gasteiger partial charge in [0.15, 0.2) is 0 Å². The third-order valence-corrected chi connectivity index (χ3v) is 186. The fourth-order valence-electron chi connectivity index (χ4n) is 7.56. The molecule has 0 aliphatic rings. The highest BCUT2D eigenvalue weighted by molar-refractivity contribution is 8.04. The average molecular weight is 755 g/mol. The number of alkyl halides is 6. The average Bonchev–Trinajstić information content (AvgIpc) is 2.86. The Hall–Kier alpha value is -0.245. The summed E-state index contributed by atoms with van der Waals surface area (Å²) in [6.45, 7) is 41.3. The Morgan fingerprint density at radius 2 is 0.500 bits per heavy atom. The summed E-state index contributed by atoms with van der Waals surface area (Å²) in [6, 6.07) is 12.2. The van der Waals surface area contributed by atoms with E-state index < -0.39 is 81.3 Å². The zero-order chi connectivity index (χ0) is 35.0. The third-order valence-electron chi connectivity index (χ3n) is 14.8. The van der Waals surface area contributed by atoms with Crippen molar-refractivity contribution in [1.29, 1.82) is 0 Å². The molecular formula is C30H56F6Si8. The molecule has 0 saturated carbocycles. The highest BCUT2D eigenvalue weighted by Crippen LogP contribution is 2.46. The van der Waals surface area contributed by atoms with Gasteiger partial charge in [-0.1, -0.05) is 164 Å². The summed E-state index contributed by atoms with van der Waals surface area (Å²) in [5.74, 6) is 0. The molecule has 0 heterocycles. The van der Waals surface area contributed by atoms with Crippen LogP contribution >= 0.6 is 0 Å². The summed E-state index contributed by atoms with van der Waals surface area (Å²) in [6.07, 6.45) is -8.67. The van der Waals surface area contributed by atoms with Gasteiger partial charge in [-0.3, -0.25) is 0 Å². The summed E-state index contributed by atoms with van der Waals surface area (Å²) < 4.78 is 80.4. The maximum atomic E-state index is 13.4. The van der Waals surface area contributed by atoms with Crippen molar-refractivity contribution in [2.45, 2.75) is 117 Å². The van der Waals surface area contributed by atoms with Gasteiger partial charge in [0.05, 0.1) is 26.3 Å². The molecule has 0 aliphatic heterocycles. The van der Waals surface area contributed by atoms with E-state index in [0.29, 0.717) is 0 Å². The number of benzene rings is 2. The number of hydrogen-bond acceptors (Lipinski definition) is 0. The van der Waals surface area contributed by atoms with E-state index in [0.717, 1.165) is 10.4 Å². The number of hydrogen-bond donors (Lipinski definition) is 0. The van der Waals surface area contributed by atoms with Gasteiger partial charge >= 0.3 is 12.4 Å². The van der Waals surface area contributed by atoms with Crippen LogP contribution in [-0.2, 0) is 12.4 Å². The zero-order valence-electron chi connectivity index (χ0n) is 29.9. The maximum Gasteiger partial charge on any atom is 0.416 e. The van der Waals surface area contributed by atoms with Crippen molar-refractivity contribution in [2.24, 2.45) is 0 Å². The molecule has 0 saturated heterocycles. The monoisotopic (exact) mass is 754 g/mol. The van der Waals surface area contributed by atoms with Gasteiger partial charge in [-0.05, 0) is 0 Å². The van der Waals surface area contributed by atoms with E-state index >= 15 is 0 Å². The zero-order valence-corrected chi connectivity index (χ0v) is 37.9. The normalized spacial score (nSPS) is 15.5. The fraction of sp³-hybridized carbons (Fsp3) is 0.600. The first kappa shape index (κ1) is 39.9. The molecule has 44 heavy (non-hydrogen) atoms. The molecule has 0 nitrogen and oxygen atoms in total. The Morgan fingerprint density at radius 3 is 0.682 bits per heavy atom. The second-order valence-electron chi connectivity index (χ2n) is 17.2. The summed E-state index contributed by atoms with van der Waals surface area (Å²) in [4.78, 5) is 0. The predicted molar refractivity (Wildman–Crippen MR) is 202 cm³/mol. The van der Waals surface area contributed by atoms with Crippen molar-refractivity contribution in [1.82, 2.24) is 0 Å². The van der Waals surface area contributed by atoms with Gasteiger partial charge in [-0.2, -0.15) is 26.3 Å². The molecule has 14 heteroatoms. The summed E-state index contributed by atoms with van der Waals surface area (Å²) in [5.41, 5.74) is -1.16. The molecule has 0 fully saturated rings. The minimum Gasteiger partial charge on any atom is -0.166 e. The highest BCUT2D eigenvalue weighted by Gasteiger charge is 2.70. The SMILES string of the molecule is C[Si](C)(c1ccc(C(F)(F)F)cc1)[Si](C)(C)[Si](C)(C)[Si](C)(C)[Si](C)(C)[Si](C)(C)[Si](C)(C)[Si](C)(C)c1ccc(C(F)(F)F)cc1. The van der Waals surface area contributed by atoms with E-state index in [1.165, 1.54) is 24.3 Å². The smallest absolute Gasteiger partial charge is 0.166 e. The summed E-state index contributed by atoms with van der Waals surface area (Å²) in [5, 5.41) is 2.29. The lowest BCUT2D eigenvalue weighted by atomic mass is 10.2. The Labute approximate surface area is 270 Å². The van der Waals surface area contributed by atoms with E-state index in [9.17, 15) is 26.3 Å². The van der Waals surface area contributed by atoms with Crippen LogP contribution in [0.1, 0.15) is 11.1 Å². The first-order valence-electron chi connectivity index (χ1n) is 15.5. The Balaban J connectivity index is 2.64. The van der Waals surface area contributed by atoms with Crippen LogP contribution in [0.2, 0.25) is 105 Å². The highest BCUT2D eigenvalue weighted by atomic mass is 30.1. The lowest BCUT2D eigenvalue weighted by Crippen LogP contribution is -2.93. The molecule has 2 aromatic rings. The summed E-state index contributed by atoms with van der Waals surface area (Å²) in [7, 11) is -15.6. The van der Waals surface area contributed by atoms with Crippen LogP contribution in [-0.4, -0.2) is 57.8 Å². The van der Waals surface area contributed by atoms with Crippen LogP contribution in [0.25, 0.3) is 0 Å². The first-order valence-corrected chi connectivity index (χ1v) is 46.5. The molecule has 0 radical (unpaired) electrons. The quantitative estimate of drug-likeness (QED) is 0.177. The molecule has 0 aromatic heterocycles. The van der Waals surface area contributed by atoms with Gasteiger partial charge in [0.1, 0.15) is 0 Å². The molecule has 0 amide bonds. The molecule has 250 valence electrons. The number of rotatable bonds is 9. The lowest BCUT2D eigenvalue weighted by Gasteiger charge is -2.65. The molecule has 0 bridgehead atoms. The first-order chi connectivity index (χ1) is 19.2. The Kier molecular flexibility index (Phi) is 10.6. The molecule has 0 atom stereocenters. The van der Waals surface area contributed by atoms with Crippen LogP contribution in [0.15, 0.2) is 48.5 Å². The van der Waals surface area contributed by atoms with E-state index in [1.54, 1.807) is 24.3 Å². The van der Waals surface area contributed by atoms with E-state index in [4.69, 9.17) is 0 Å². The Morgan fingerprint density at radius 1 is 0.318 bits per heavy atom. The van der Waals surface area contributed by atoms with Gasteiger partial charge in [-0.15, -0.1) is 0 Å². The maximum absolute atomic E-state index is 13.4. The molecule has 2 rings (SSSR count). The molecule has 0 spiro atoms. The molecular weight excluding hydrogens is 699 g/mol. The van der Waals surface area contributed by atoms with Crippen molar-refractivity contribution in [3.8, 4) is 0 Å². The van der Waals surface area contributed by atoms with Crippen LogP contribution in [0.4, 0.5) is 26.3 Å². The number of halogens is 6. The van der Waals surface area contributed by atoms with Gasteiger partial charge < -0.3 is 0 Å². The minimum absolute atomic E-state index is 0.579. The van der Waals surface area contributed by atoms with Crippen molar-refractivity contribution in [3.63, 3.8) is 0 Å². The molecule has 0 unspecified atom stereocenters. The Bertz CT molecular complexity index is 1220. The third kappa shape index (κ3) is 6.09. The van der Waals surface area contributed by atoms with Crippen molar-refractivity contribution >= 4 is 68.2 Å². The van der Waals surface area contributed by atoms with E-state index in [1.807, 2.05) is 0 Å².